The predicted molar refractivity (Wildman–Crippen MR) is 120 cm³/mol. The van der Waals surface area contributed by atoms with E-state index in [2.05, 4.69) is 0 Å². The lowest BCUT2D eigenvalue weighted by Crippen LogP contribution is -2.26. The van der Waals surface area contributed by atoms with Crippen LogP contribution < -0.4 is 5.43 Å². The Kier molecular flexibility index (Phi) is 5.42. The van der Waals surface area contributed by atoms with Gasteiger partial charge >= 0.3 is 0 Å². The van der Waals surface area contributed by atoms with Gasteiger partial charge in [-0.05, 0) is 30.7 Å². The van der Waals surface area contributed by atoms with Gasteiger partial charge < -0.3 is 9.32 Å². The average molecular weight is 418 g/mol. The highest BCUT2D eigenvalue weighted by Gasteiger charge is 2.21. The van der Waals surface area contributed by atoms with Gasteiger partial charge in [-0.15, -0.1) is 0 Å². The Hall–Kier alpha value is -3.37. The van der Waals surface area contributed by atoms with Gasteiger partial charge in [0, 0.05) is 29.7 Å². The largest absolute Gasteiger partial charge is 0.455 e. The van der Waals surface area contributed by atoms with E-state index in [-0.39, 0.29) is 11.3 Å². The molecule has 1 heterocycles. The van der Waals surface area contributed by atoms with Crippen LogP contribution in [0.25, 0.3) is 22.3 Å². The molecule has 150 valence electrons. The molecule has 0 saturated carbocycles. The highest BCUT2D eigenvalue weighted by molar-refractivity contribution is 6.31. The van der Waals surface area contributed by atoms with E-state index in [1.165, 1.54) is 0 Å². The summed E-state index contributed by atoms with van der Waals surface area (Å²) in [6, 6.07) is 21.9. The zero-order valence-corrected chi connectivity index (χ0v) is 17.4. The molecule has 0 unspecified atom stereocenters. The van der Waals surface area contributed by atoms with E-state index >= 15 is 0 Å². The van der Waals surface area contributed by atoms with Crippen LogP contribution in [0.3, 0.4) is 0 Å². The summed E-state index contributed by atoms with van der Waals surface area (Å²) in [7, 11) is 1.70. The molecular formula is C25H20ClNO3. The van der Waals surface area contributed by atoms with Gasteiger partial charge in [0.1, 0.15) is 5.76 Å². The number of halogens is 1. The Morgan fingerprint density at radius 3 is 2.40 bits per heavy atom. The molecule has 4 rings (SSSR count). The highest BCUT2D eigenvalue weighted by atomic mass is 35.5. The molecule has 0 saturated heterocycles. The number of carbonyl (C=O) groups excluding carboxylic acids is 1. The fourth-order valence-electron chi connectivity index (χ4n) is 3.50. The van der Waals surface area contributed by atoms with Crippen molar-refractivity contribution in [2.24, 2.45) is 0 Å². The van der Waals surface area contributed by atoms with Gasteiger partial charge in [0.15, 0.2) is 11.0 Å². The monoisotopic (exact) mass is 417 g/mol. The Bertz CT molecular complexity index is 1300. The Morgan fingerprint density at radius 2 is 1.67 bits per heavy atom. The predicted octanol–water partition coefficient (Wildman–Crippen LogP) is 5.69. The lowest BCUT2D eigenvalue weighted by molar-refractivity contribution is 0.0786. The molecule has 1 aromatic heterocycles. The van der Waals surface area contributed by atoms with E-state index in [9.17, 15) is 9.59 Å². The summed E-state index contributed by atoms with van der Waals surface area (Å²) < 4.78 is 6.16. The molecule has 0 aliphatic heterocycles. The molecule has 0 radical (unpaired) electrons. The molecule has 0 fully saturated rings. The third-order valence-electron chi connectivity index (χ3n) is 5.12. The maximum atomic E-state index is 13.2. The summed E-state index contributed by atoms with van der Waals surface area (Å²) in [4.78, 5) is 27.8. The van der Waals surface area contributed by atoms with Gasteiger partial charge in [0.2, 0.25) is 0 Å². The van der Waals surface area contributed by atoms with Crippen molar-refractivity contribution in [2.75, 3.05) is 7.05 Å². The maximum absolute atomic E-state index is 13.2. The molecule has 30 heavy (non-hydrogen) atoms. The molecule has 4 aromatic rings. The zero-order chi connectivity index (χ0) is 21.3. The number of para-hydroxylation sites is 1. The first-order chi connectivity index (χ1) is 14.5. The van der Waals surface area contributed by atoms with E-state index < -0.39 is 0 Å². The van der Waals surface area contributed by atoms with Crippen LogP contribution in [-0.2, 0) is 6.54 Å². The van der Waals surface area contributed by atoms with Crippen LogP contribution in [0, 0.1) is 6.92 Å². The van der Waals surface area contributed by atoms with Crippen molar-refractivity contribution < 1.29 is 9.21 Å². The normalized spacial score (nSPS) is 10.9. The molecule has 0 aliphatic rings. The second kappa shape index (κ2) is 8.17. The van der Waals surface area contributed by atoms with Gasteiger partial charge in [-0.2, -0.15) is 0 Å². The molecule has 1 amide bonds. The summed E-state index contributed by atoms with van der Waals surface area (Å²) in [5.74, 6) is 0.230. The third-order valence-corrected chi connectivity index (χ3v) is 5.49. The average Bonchev–Trinajstić information content (AvgIpc) is 2.77. The molecule has 4 nitrogen and oxygen atoms in total. The van der Waals surface area contributed by atoms with E-state index in [1.54, 1.807) is 43.1 Å². The number of rotatable bonds is 4. The van der Waals surface area contributed by atoms with Crippen LogP contribution in [0.4, 0.5) is 0 Å². The number of amides is 1. The summed E-state index contributed by atoms with van der Waals surface area (Å²) >= 11 is 6.24. The zero-order valence-electron chi connectivity index (χ0n) is 16.7. The molecule has 0 N–H and O–H groups in total. The number of nitrogens with zero attached hydrogens (tertiary/aromatic N) is 1. The van der Waals surface area contributed by atoms with Crippen LogP contribution in [-0.4, -0.2) is 17.9 Å². The van der Waals surface area contributed by atoms with Crippen LogP contribution in [0.1, 0.15) is 21.5 Å². The summed E-state index contributed by atoms with van der Waals surface area (Å²) in [5, 5.41) is 0.993. The van der Waals surface area contributed by atoms with Gasteiger partial charge in [-0.3, -0.25) is 9.59 Å². The minimum absolute atomic E-state index is 0.140. The number of hydrogen-bond acceptors (Lipinski definition) is 3. The number of hydrogen-bond donors (Lipinski definition) is 0. The maximum Gasteiger partial charge on any atom is 0.257 e. The Labute approximate surface area is 179 Å². The van der Waals surface area contributed by atoms with Gasteiger partial charge in [0.25, 0.3) is 5.91 Å². The van der Waals surface area contributed by atoms with Gasteiger partial charge in [-0.1, -0.05) is 66.2 Å². The molecule has 5 heteroatoms. The first-order valence-corrected chi connectivity index (χ1v) is 9.96. The first kappa shape index (κ1) is 19.9. The third kappa shape index (κ3) is 3.62. The molecular weight excluding hydrogens is 398 g/mol. The van der Waals surface area contributed by atoms with Crippen LogP contribution >= 0.6 is 11.6 Å². The molecule has 0 aliphatic carbocycles. The Morgan fingerprint density at radius 1 is 0.967 bits per heavy atom. The van der Waals surface area contributed by atoms with Crippen molar-refractivity contribution in [1.82, 2.24) is 4.90 Å². The van der Waals surface area contributed by atoms with Crippen molar-refractivity contribution in [3.05, 3.63) is 105 Å². The number of carbonyl (C=O) groups is 1. The second-order valence-electron chi connectivity index (χ2n) is 7.19. The summed E-state index contributed by atoms with van der Waals surface area (Å²) in [6.45, 7) is 2.09. The second-order valence-corrected chi connectivity index (χ2v) is 7.59. The number of benzene rings is 3. The molecule has 0 atom stereocenters. The standard InChI is InChI=1S/C25H20ClNO3/c1-16-22(28)19-12-8-13-20(24(19)30-23(16)17-9-4-3-5-10-17)25(29)27(2)15-18-11-6-7-14-21(18)26/h3-14H,15H2,1-2H3. The quantitative estimate of drug-likeness (QED) is 0.428. The lowest BCUT2D eigenvalue weighted by atomic mass is 10.0. The smallest absolute Gasteiger partial charge is 0.257 e. The summed E-state index contributed by atoms with van der Waals surface area (Å²) in [6.07, 6.45) is 0. The van der Waals surface area contributed by atoms with E-state index in [0.717, 1.165) is 11.1 Å². The van der Waals surface area contributed by atoms with Crippen molar-refractivity contribution in [3.63, 3.8) is 0 Å². The van der Waals surface area contributed by atoms with Gasteiger partial charge in [0.05, 0.1) is 10.9 Å². The van der Waals surface area contributed by atoms with Crippen LogP contribution in [0.2, 0.25) is 5.02 Å². The van der Waals surface area contributed by atoms with Crippen molar-refractivity contribution in [3.8, 4) is 11.3 Å². The van der Waals surface area contributed by atoms with Gasteiger partial charge in [-0.25, -0.2) is 0 Å². The first-order valence-electron chi connectivity index (χ1n) is 9.58. The molecule has 3 aromatic carbocycles. The van der Waals surface area contributed by atoms with Crippen LogP contribution in [0.15, 0.2) is 82.0 Å². The fourth-order valence-corrected chi connectivity index (χ4v) is 3.70. The SMILES string of the molecule is Cc1c(-c2ccccc2)oc2c(C(=O)N(C)Cc3ccccc3Cl)cccc2c1=O. The van der Waals surface area contributed by atoms with Crippen LogP contribution in [0.5, 0.6) is 0 Å². The minimum atomic E-state index is -0.244. The van der Waals surface area contributed by atoms with Crippen molar-refractivity contribution in [2.45, 2.75) is 13.5 Å². The highest BCUT2D eigenvalue weighted by Crippen LogP contribution is 2.28. The van der Waals surface area contributed by atoms with E-state index in [1.807, 2.05) is 48.5 Å². The fraction of sp³-hybridized carbons (Fsp3) is 0.120. The number of fused-ring (bicyclic) bond motifs is 1. The van der Waals surface area contributed by atoms with E-state index in [4.69, 9.17) is 16.0 Å². The Balaban J connectivity index is 1.81. The molecule has 0 bridgehead atoms. The molecule has 0 spiro atoms. The van der Waals surface area contributed by atoms with E-state index in [0.29, 0.717) is 39.4 Å². The minimum Gasteiger partial charge on any atom is -0.455 e. The topological polar surface area (TPSA) is 50.5 Å². The van der Waals surface area contributed by atoms with Crippen molar-refractivity contribution in [1.29, 1.82) is 0 Å². The lowest BCUT2D eigenvalue weighted by Gasteiger charge is -2.19. The summed E-state index contributed by atoms with van der Waals surface area (Å²) in [5.41, 5.74) is 2.65. The van der Waals surface area contributed by atoms with Crippen molar-refractivity contribution >= 4 is 28.5 Å².